The van der Waals surface area contributed by atoms with Crippen molar-refractivity contribution in [3.8, 4) is 11.5 Å². The van der Waals surface area contributed by atoms with Crippen LogP contribution in [0.3, 0.4) is 0 Å². The Morgan fingerprint density at radius 3 is 2.64 bits per heavy atom. The number of para-hydroxylation sites is 1. The fourth-order valence-electron chi connectivity index (χ4n) is 4.98. The normalized spacial score (nSPS) is 16.7. The molecule has 1 aliphatic rings. The molecule has 6 nitrogen and oxygen atoms in total. The van der Waals surface area contributed by atoms with E-state index in [1.54, 1.807) is 20.4 Å². The molecular formula is C28H35ClN2O4S. The lowest BCUT2D eigenvalue weighted by atomic mass is 9.74. The molecule has 2 aromatic carbocycles. The van der Waals surface area contributed by atoms with E-state index in [4.69, 9.17) is 21.1 Å². The third-order valence-corrected chi connectivity index (χ3v) is 8.67. The number of thioether (sulfide) groups is 1. The number of hydrogen-bond donors (Lipinski definition) is 2. The molecule has 36 heavy (non-hydrogen) atoms. The number of aliphatic hydroxyl groups is 2. The summed E-state index contributed by atoms with van der Waals surface area (Å²) in [4.78, 5) is 8.02. The SMILES string of the molecule is COc1ccc2ncc(Cl)c(C(O)CCC3(CO)CCN(CCSc4ccccc4OC)CC3)c2c1. The minimum Gasteiger partial charge on any atom is -0.497 e. The zero-order valence-electron chi connectivity index (χ0n) is 21.0. The molecule has 0 bridgehead atoms. The Bertz CT molecular complexity index is 1150. The number of aromatic nitrogens is 1. The van der Waals surface area contributed by atoms with E-state index in [0.717, 1.165) is 66.2 Å². The number of methoxy groups -OCH3 is 2. The number of pyridine rings is 1. The first kappa shape index (κ1) is 27.0. The van der Waals surface area contributed by atoms with Gasteiger partial charge in [-0.15, -0.1) is 11.8 Å². The third kappa shape index (κ3) is 6.26. The second kappa shape index (κ2) is 12.5. The number of benzene rings is 2. The summed E-state index contributed by atoms with van der Waals surface area (Å²) in [5.74, 6) is 2.60. The van der Waals surface area contributed by atoms with Gasteiger partial charge in [-0.05, 0) is 74.5 Å². The number of aliphatic hydroxyl groups excluding tert-OH is 2. The lowest BCUT2D eigenvalue weighted by Gasteiger charge is -2.41. The summed E-state index contributed by atoms with van der Waals surface area (Å²) in [6.07, 6.45) is 3.94. The highest BCUT2D eigenvalue weighted by molar-refractivity contribution is 7.99. The highest BCUT2D eigenvalue weighted by Crippen LogP contribution is 2.40. The van der Waals surface area contributed by atoms with Crippen molar-refractivity contribution in [1.82, 2.24) is 9.88 Å². The Morgan fingerprint density at radius 2 is 1.92 bits per heavy atom. The molecule has 2 heterocycles. The van der Waals surface area contributed by atoms with Crippen LogP contribution in [-0.2, 0) is 0 Å². The van der Waals surface area contributed by atoms with Crippen LogP contribution >= 0.6 is 23.4 Å². The van der Waals surface area contributed by atoms with Gasteiger partial charge in [-0.3, -0.25) is 4.98 Å². The average Bonchev–Trinajstić information content (AvgIpc) is 2.92. The summed E-state index contributed by atoms with van der Waals surface area (Å²) >= 11 is 8.30. The number of rotatable bonds is 11. The van der Waals surface area contributed by atoms with E-state index < -0.39 is 6.10 Å². The standard InChI is InChI=1S/C28H35ClN2O4S/c1-34-20-7-8-23-21(17-20)27(22(29)18-30-23)24(33)9-10-28(19-32)11-13-31(14-12-28)15-16-36-26-6-4-3-5-25(26)35-2/h3-8,17-18,24,32-33H,9-16,19H2,1-2H3. The zero-order valence-corrected chi connectivity index (χ0v) is 22.5. The van der Waals surface area contributed by atoms with Gasteiger partial charge in [-0.1, -0.05) is 23.7 Å². The number of hydrogen-bond acceptors (Lipinski definition) is 7. The molecule has 1 fully saturated rings. The predicted molar refractivity (Wildman–Crippen MR) is 146 cm³/mol. The van der Waals surface area contributed by atoms with Crippen molar-refractivity contribution < 1.29 is 19.7 Å². The Labute approximate surface area is 222 Å². The zero-order chi connectivity index (χ0) is 25.5. The molecule has 3 aromatic rings. The largest absolute Gasteiger partial charge is 0.497 e. The molecule has 1 aromatic heterocycles. The van der Waals surface area contributed by atoms with Gasteiger partial charge in [0.25, 0.3) is 0 Å². The Balaban J connectivity index is 1.33. The molecule has 0 spiro atoms. The molecule has 194 valence electrons. The van der Waals surface area contributed by atoms with Gasteiger partial charge in [0.1, 0.15) is 11.5 Å². The van der Waals surface area contributed by atoms with Crippen LogP contribution < -0.4 is 9.47 Å². The number of fused-ring (bicyclic) bond motifs is 1. The van der Waals surface area contributed by atoms with Gasteiger partial charge >= 0.3 is 0 Å². The van der Waals surface area contributed by atoms with Crippen LogP contribution in [0.4, 0.5) is 0 Å². The first-order chi connectivity index (χ1) is 17.5. The van der Waals surface area contributed by atoms with Crippen molar-refractivity contribution in [2.45, 2.75) is 36.7 Å². The van der Waals surface area contributed by atoms with Gasteiger partial charge in [0.2, 0.25) is 0 Å². The number of ether oxygens (including phenoxy) is 2. The summed E-state index contributed by atoms with van der Waals surface area (Å²) in [5, 5.41) is 22.7. The van der Waals surface area contributed by atoms with E-state index in [-0.39, 0.29) is 12.0 Å². The molecule has 1 unspecified atom stereocenters. The summed E-state index contributed by atoms with van der Waals surface area (Å²) < 4.78 is 10.8. The first-order valence-electron chi connectivity index (χ1n) is 12.4. The number of piperidine rings is 1. The van der Waals surface area contributed by atoms with Crippen molar-refractivity contribution in [2.24, 2.45) is 5.41 Å². The van der Waals surface area contributed by atoms with Crippen LogP contribution in [-0.4, -0.2) is 66.3 Å². The van der Waals surface area contributed by atoms with E-state index in [2.05, 4.69) is 16.0 Å². The van der Waals surface area contributed by atoms with E-state index >= 15 is 0 Å². The van der Waals surface area contributed by atoms with Gasteiger partial charge in [-0.25, -0.2) is 0 Å². The molecule has 0 amide bonds. The van der Waals surface area contributed by atoms with Gasteiger partial charge < -0.3 is 24.6 Å². The topological polar surface area (TPSA) is 75.0 Å². The Morgan fingerprint density at radius 1 is 1.14 bits per heavy atom. The van der Waals surface area contributed by atoms with Gasteiger partial charge in [-0.2, -0.15) is 0 Å². The average molecular weight is 531 g/mol. The summed E-state index contributed by atoms with van der Waals surface area (Å²) in [5.41, 5.74) is 1.27. The smallest absolute Gasteiger partial charge is 0.132 e. The summed E-state index contributed by atoms with van der Waals surface area (Å²) in [6.45, 7) is 3.01. The van der Waals surface area contributed by atoms with Crippen molar-refractivity contribution >= 4 is 34.3 Å². The van der Waals surface area contributed by atoms with E-state index in [9.17, 15) is 10.2 Å². The van der Waals surface area contributed by atoms with E-state index in [1.807, 2.05) is 48.2 Å². The monoisotopic (exact) mass is 530 g/mol. The molecule has 0 saturated carbocycles. The van der Waals surface area contributed by atoms with E-state index in [0.29, 0.717) is 22.8 Å². The fourth-order valence-corrected chi connectivity index (χ4v) is 6.30. The fraction of sp³-hybridized carbons (Fsp3) is 0.464. The Hall–Kier alpha value is -2.03. The second-order valence-electron chi connectivity index (χ2n) is 9.46. The number of nitrogens with zero attached hydrogens (tertiary/aromatic N) is 2. The molecule has 8 heteroatoms. The minimum atomic E-state index is -0.742. The summed E-state index contributed by atoms with van der Waals surface area (Å²) in [7, 11) is 3.32. The molecule has 1 aliphatic heterocycles. The van der Waals surface area contributed by atoms with Gasteiger partial charge in [0.15, 0.2) is 0 Å². The lowest BCUT2D eigenvalue weighted by molar-refractivity contribution is 0.0254. The third-order valence-electron chi connectivity index (χ3n) is 7.34. The maximum absolute atomic E-state index is 11.2. The number of likely N-dealkylation sites (tertiary alicyclic amines) is 1. The molecule has 1 atom stereocenters. The Kier molecular flexibility index (Phi) is 9.36. The molecule has 0 aliphatic carbocycles. The quantitative estimate of drug-likeness (QED) is 0.313. The van der Waals surface area contributed by atoms with Crippen LogP contribution in [0.25, 0.3) is 10.9 Å². The molecular weight excluding hydrogens is 496 g/mol. The summed E-state index contributed by atoms with van der Waals surface area (Å²) in [6, 6.07) is 13.7. The molecule has 1 saturated heterocycles. The maximum Gasteiger partial charge on any atom is 0.132 e. The predicted octanol–water partition coefficient (Wildman–Crippen LogP) is 5.59. The molecule has 4 rings (SSSR count). The van der Waals surface area contributed by atoms with Crippen molar-refractivity contribution in [2.75, 3.05) is 46.2 Å². The molecule has 0 radical (unpaired) electrons. The van der Waals surface area contributed by atoms with Crippen LogP contribution in [0, 0.1) is 5.41 Å². The van der Waals surface area contributed by atoms with Gasteiger partial charge in [0.05, 0.1) is 30.9 Å². The maximum atomic E-state index is 11.2. The van der Waals surface area contributed by atoms with Crippen LogP contribution in [0.15, 0.2) is 53.6 Å². The van der Waals surface area contributed by atoms with Crippen LogP contribution in [0.2, 0.25) is 5.02 Å². The van der Waals surface area contributed by atoms with Crippen LogP contribution in [0.1, 0.15) is 37.4 Å². The van der Waals surface area contributed by atoms with E-state index in [1.165, 1.54) is 0 Å². The van der Waals surface area contributed by atoms with Crippen LogP contribution in [0.5, 0.6) is 11.5 Å². The number of halogens is 1. The highest BCUT2D eigenvalue weighted by atomic mass is 35.5. The minimum absolute atomic E-state index is 0.127. The highest BCUT2D eigenvalue weighted by Gasteiger charge is 2.34. The first-order valence-corrected chi connectivity index (χ1v) is 13.7. The van der Waals surface area contributed by atoms with Gasteiger partial charge in [0, 0.05) is 40.9 Å². The lowest BCUT2D eigenvalue weighted by Crippen LogP contribution is -2.43. The van der Waals surface area contributed by atoms with Crippen molar-refractivity contribution in [3.05, 3.63) is 59.2 Å². The van der Waals surface area contributed by atoms with Crippen molar-refractivity contribution in [1.29, 1.82) is 0 Å². The van der Waals surface area contributed by atoms with Crippen molar-refractivity contribution in [3.63, 3.8) is 0 Å². The molecule has 2 N–H and O–H groups in total. The second-order valence-corrected chi connectivity index (χ2v) is 11.0.